The normalized spacial score (nSPS) is 10.7. The lowest BCUT2D eigenvalue weighted by Crippen LogP contribution is -2.30. The fourth-order valence-corrected chi connectivity index (χ4v) is 3.71. The highest BCUT2D eigenvalue weighted by molar-refractivity contribution is 7.12. The van der Waals surface area contributed by atoms with Gasteiger partial charge < -0.3 is 10.1 Å². The summed E-state index contributed by atoms with van der Waals surface area (Å²) in [6.45, 7) is 3.05. The van der Waals surface area contributed by atoms with Crippen molar-refractivity contribution in [2.24, 2.45) is 0 Å². The average molecular weight is 338 g/mol. The fourth-order valence-electron chi connectivity index (χ4n) is 1.96. The summed E-state index contributed by atoms with van der Waals surface area (Å²) in [5.74, 6) is -0.590. The van der Waals surface area contributed by atoms with Crippen molar-refractivity contribution in [1.82, 2.24) is 4.90 Å². The predicted molar refractivity (Wildman–Crippen MR) is 89.7 cm³/mol. The number of hydrogen-bond donors (Lipinski definition) is 1. The Morgan fingerprint density at radius 1 is 1.27 bits per heavy atom. The molecule has 0 aliphatic rings. The zero-order valence-electron chi connectivity index (χ0n) is 12.7. The van der Waals surface area contributed by atoms with Crippen LogP contribution < -0.4 is 5.32 Å². The van der Waals surface area contributed by atoms with Crippen molar-refractivity contribution in [3.05, 3.63) is 38.2 Å². The number of anilines is 1. The number of methoxy groups -OCH3 is 1. The highest BCUT2D eigenvalue weighted by atomic mass is 32.1. The number of carbonyl (C=O) groups is 2. The van der Waals surface area contributed by atoms with Gasteiger partial charge in [-0.05, 0) is 42.4 Å². The second-order valence-corrected chi connectivity index (χ2v) is 6.82. The van der Waals surface area contributed by atoms with Gasteiger partial charge in [-0.2, -0.15) is 0 Å². The standard InChI is InChI=1S/C15H18N2O3S2/c1-10-4-6-21-12(10)8-17(2)9-13(18)16-11-5-7-22-14(11)15(19)20-3/h4-7H,8-9H2,1-3H3,(H,16,18). The fraction of sp³-hybridized carbons (Fsp3) is 0.333. The zero-order chi connectivity index (χ0) is 16.1. The zero-order valence-corrected chi connectivity index (χ0v) is 14.3. The van der Waals surface area contributed by atoms with E-state index in [-0.39, 0.29) is 12.5 Å². The number of nitrogens with one attached hydrogen (secondary N) is 1. The molecule has 2 aromatic rings. The van der Waals surface area contributed by atoms with Crippen LogP contribution in [0.1, 0.15) is 20.1 Å². The number of aryl methyl sites for hydroxylation is 1. The maximum atomic E-state index is 12.1. The number of thiophene rings is 2. The van der Waals surface area contributed by atoms with Gasteiger partial charge in [-0.1, -0.05) is 0 Å². The molecule has 0 saturated heterocycles. The molecular weight excluding hydrogens is 320 g/mol. The van der Waals surface area contributed by atoms with E-state index in [1.807, 2.05) is 17.3 Å². The Morgan fingerprint density at radius 2 is 2.00 bits per heavy atom. The second kappa shape index (κ2) is 7.53. The van der Waals surface area contributed by atoms with E-state index in [4.69, 9.17) is 4.74 Å². The van der Waals surface area contributed by atoms with Crippen LogP contribution in [0.15, 0.2) is 22.9 Å². The number of likely N-dealkylation sites (N-methyl/N-ethyl adjacent to an activating group) is 1. The molecule has 0 aliphatic heterocycles. The quantitative estimate of drug-likeness (QED) is 0.823. The average Bonchev–Trinajstić information content (AvgIpc) is 3.07. The summed E-state index contributed by atoms with van der Waals surface area (Å²) in [5.41, 5.74) is 1.74. The number of hydrogen-bond acceptors (Lipinski definition) is 6. The van der Waals surface area contributed by atoms with E-state index in [0.717, 1.165) is 6.54 Å². The summed E-state index contributed by atoms with van der Waals surface area (Å²) in [7, 11) is 3.22. The Morgan fingerprint density at radius 3 is 2.64 bits per heavy atom. The summed E-state index contributed by atoms with van der Waals surface area (Å²) in [6.07, 6.45) is 0. The minimum atomic E-state index is -0.437. The van der Waals surface area contributed by atoms with Gasteiger partial charge in [0.25, 0.3) is 0 Å². The Labute approximate surface area is 137 Å². The monoisotopic (exact) mass is 338 g/mol. The summed E-state index contributed by atoms with van der Waals surface area (Å²) in [4.78, 5) is 27.3. The van der Waals surface area contributed by atoms with Crippen molar-refractivity contribution in [2.45, 2.75) is 13.5 Å². The lowest BCUT2D eigenvalue weighted by molar-refractivity contribution is -0.117. The van der Waals surface area contributed by atoms with Crippen LogP contribution >= 0.6 is 22.7 Å². The van der Waals surface area contributed by atoms with Crippen molar-refractivity contribution in [3.8, 4) is 0 Å². The van der Waals surface area contributed by atoms with Gasteiger partial charge in [0, 0.05) is 11.4 Å². The molecule has 0 unspecified atom stereocenters. The van der Waals surface area contributed by atoms with Gasteiger partial charge in [-0.25, -0.2) is 4.79 Å². The number of rotatable bonds is 6. The maximum Gasteiger partial charge on any atom is 0.350 e. The first-order valence-electron chi connectivity index (χ1n) is 6.68. The lowest BCUT2D eigenvalue weighted by atomic mass is 10.3. The van der Waals surface area contributed by atoms with Gasteiger partial charge in [0.2, 0.25) is 5.91 Å². The molecule has 2 rings (SSSR count). The van der Waals surface area contributed by atoms with E-state index in [9.17, 15) is 9.59 Å². The molecule has 1 N–H and O–H groups in total. The Hall–Kier alpha value is -1.70. The molecule has 22 heavy (non-hydrogen) atoms. The molecule has 0 aromatic carbocycles. The minimum Gasteiger partial charge on any atom is -0.465 e. The smallest absolute Gasteiger partial charge is 0.350 e. The molecule has 0 spiro atoms. The van der Waals surface area contributed by atoms with Gasteiger partial charge in [0.15, 0.2) is 0 Å². The van der Waals surface area contributed by atoms with Crippen LogP contribution in [0.2, 0.25) is 0 Å². The summed E-state index contributed by atoms with van der Waals surface area (Å²) < 4.78 is 4.69. The summed E-state index contributed by atoms with van der Waals surface area (Å²) >= 11 is 2.93. The maximum absolute atomic E-state index is 12.1. The van der Waals surface area contributed by atoms with Crippen LogP contribution in [0.4, 0.5) is 5.69 Å². The molecule has 118 valence electrons. The third-order valence-electron chi connectivity index (χ3n) is 3.11. The summed E-state index contributed by atoms with van der Waals surface area (Å²) in [5, 5.41) is 6.56. The molecule has 2 heterocycles. The first-order valence-corrected chi connectivity index (χ1v) is 8.44. The largest absolute Gasteiger partial charge is 0.465 e. The molecule has 0 atom stereocenters. The number of nitrogens with zero attached hydrogens (tertiary/aromatic N) is 1. The molecule has 2 aromatic heterocycles. The van der Waals surface area contributed by atoms with Crippen LogP contribution in [0, 0.1) is 6.92 Å². The topological polar surface area (TPSA) is 58.6 Å². The molecular formula is C15H18N2O3S2. The van der Waals surface area contributed by atoms with Crippen molar-refractivity contribution < 1.29 is 14.3 Å². The van der Waals surface area contributed by atoms with Crippen molar-refractivity contribution in [3.63, 3.8) is 0 Å². The first kappa shape index (κ1) is 16.7. The van der Waals surface area contributed by atoms with Crippen LogP contribution in [0.5, 0.6) is 0 Å². The number of carbonyl (C=O) groups excluding carboxylic acids is 2. The van der Waals surface area contributed by atoms with Crippen LogP contribution in [-0.4, -0.2) is 37.5 Å². The van der Waals surface area contributed by atoms with Crippen molar-refractivity contribution in [2.75, 3.05) is 26.0 Å². The molecule has 7 heteroatoms. The minimum absolute atomic E-state index is 0.153. The number of ether oxygens (including phenoxy) is 1. The third kappa shape index (κ3) is 4.16. The molecule has 0 bridgehead atoms. The van der Waals surface area contributed by atoms with Crippen molar-refractivity contribution >= 4 is 40.2 Å². The molecule has 1 amide bonds. The molecule has 5 nitrogen and oxygen atoms in total. The Kier molecular flexibility index (Phi) is 5.70. The number of esters is 1. The third-order valence-corrected chi connectivity index (χ3v) is 5.01. The molecule has 0 saturated carbocycles. The highest BCUT2D eigenvalue weighted by Gasteiger charge is 2.16. The van der Waals surface area contributed by atoms with Gasteiger partial charge in [-0.3, -0.25) is 9.69 Å². The van der Waals surface area contributed by atoms with Crippen LogP contribution in [0.3, 0.4) is 0 Å². The van der Waals surface area contributed by atoms with E-state index >= 15 is 0 Å². The summed E-state index contributed by atoms with van der Waals surface area (Å²) in [6, 6.07) is 3.78. The second-order valence-electron chi connectivity index (χ2n) is 4.90. The van der Waals surface area contributed by atoms with E-state index in [2.05, 4.69) is 18.3 Å². The van der Waals surface area contributed by atoms with E-state index in [0.29, 0.717) is 10.6 Å². The number of amides is 1. The van der Waals surface area contributed by atoms with Crippen molar-refractivity contribution in [1.29, 1.82) is 0 Å². The lowest BCUT2D eigenvalue weighted by Gasteiger charge is -2.16. The van der Waals surface area contributed by atoms with Gasteiger partial charge in [0.1, 0.15) is 4.88 Å². The van der Waals surface area contributed by atoms with Gasteiger partial charge in [-0.15, -0.1) is 22.7 Å². The van der Waals surface area contributed by atoms with E-state index in [1.165, 1.54) is 28.9 Å². The predicted octanol–water partition coefficient (Wildman–Crippen LogP) is 2.98. The van der Waals surface area contributed by atoms with E-state index in [1.54, 1.807) is 22.8 Å². The molecule has 0 fully saturated rings. The van der Waals surface area contributed by atoms with Crippen LogP contribution in [0.25, 0.3) is 0 Å². The van der Waals surface area contributed by atoms with Gasteiger partial charge >= 0.3 is 5.97 Å². The molecule has 0 radical (unpaired) electrons. The SMILES string of the molecule is COC(=O)c1sccc1NC(=O)CN(C)Cc1sccc1C. The Balaban J connectivity index is 1.92. The van der Waals surface area contributed by atoms with Gasteiger partial charge in [0.05, 0.1) is 19.3 Å². The van der Waals surface area contributed by atoms with Crippen LogP contribution in [-0.2, 0) is 16.1 Å². The highest BCUT2D eigenvalue weighted by Crippen LogP contribution is 2.23. The first-order chi connectivity index (χ1) is 10.5. The molecule has 0 aliphatic carbocycles. The Bertz CT molecular complexity index is 663. The van der Waals surface area contributed by atoms with E-state index < -0.39 is 5.97 Å².